The van der Waals surface area contributed by atoms with Crippen LogP contribution in [0.15, 0.2) is 24.3 Å². The molecule has 1 fully saturated rings. The van der Waals surface area contributed by atoms with Gasteiger partial charge in [0.2, 0.25) is 0 Å². The van der Waals surface area contributed by atoms with Gasteiger partial charge in [0.05, 0.1) is 31.9 Å². The number of rotatable bonds is 3. The summed E-state index contributed by atoms with van der Waals surface area (Å²) in [5.41, 5.74) is -0.243. The van der Waals surface area contributed by atoms with Crippen molar-refractivity contribution in [2.75, 3.05) is 33.4 Å². The van der Waals surface area contributed by atoms with E-state index in [-0.39, 0.29) is 12.5 Å². The summed E-state index contributed by atoms with van der Waals surface area (Å²) >= 11 is 0. The van der Waals surface area contributed by atoms with Gasteiger partial charge in [0.25, 0.3) is 0 Å². The molecule has 0 aliphatic carbocycles. The second-order valence-electron chi connectivity index (χ2n) is 4.79. The van der Waals surface area contributed by atoms with Gasteiger partial charge in [0.15, 0.2) is 0 Å². The van der Waals surface area contributed by atoms with Crippen LogP contribution in [-0.2, 0) is 20.4 Å². The lowest BCUT2D eigenvalue weighted by Gasteiger charge is -2.32. The fourth-order valence-corrected chi connectivity index (χ4v) is 2.21. The molecule has 21 heavy (non-hydrogen) atoms. The maximum Gasteiger partial charge on any atom is 0.416 e. The Labute approximate surface area is 120 Å². The standard InChI is InChI=1S/C14H16F3NO3/c1-20-13(19)9-18-5-6-21-12(8-18)10-3-2-4-11(7-10)14(15,16)17/h2-4,7,12H,5-6,8-9H2,1H3/t12-/m0/s1. The molecular formula is C14H16F3NO3. The van der Waals surface area contributed by atoms with E-state index >= 15 is 0 Å². The molecule has 0 radical (unpaired) electrons. The van der Waals surface area contributed by atoms with E-state index in [4.69, 9.17) is 4.74 Å². The number of benzene rings is 1. The summed E-state index contributed by atoms with van der Waals surface area (Å²) in [5.74, 6) is -0.375. The average molecular weight is 303 g/mol. The highest BCUT2D eigenvalue weighted by Gasteiger charge is 2.32. The van der Waals surface area contributed by atoms with Crippen molar-refractivity contribution in [2.24, 2.45) is 0 Å². The first-order valence-corrected chi connectivity index (χ1v) is 6.48. The molecule has 0 saturated carbocycles. The van der Waals surface area contributed by atoms with Crippen molar-refractivity contribution in [1.82, 2.24) is 4.90 Å². The van der Waals surface area contributed by atoms with E-state index in [1.54, 1.807) is 11.0 Å². The van der Waals surface area contributed by atoms with Crippen LogP contribution in [0.3, 0.4) is 0 Å². The van der Waals surface area contributed by atoms with Gasteiger partial charge in [-0.1, -0.05) is 12.1 Å². The number of methoxy groups -OCH3 is 1. The van der Waals surface area contributed by atoms with E-state index in [1.165, 1.54) is 13.2 Å². The van der Waals surface area contributed by atoms with Gasteiger partial charge in [-0.25, -0.2) is 0 Å². The highest BCUT2D eigenvalue weighted by Crippen LogP contribution is 2.32. The number of esters is 1. The zero-order valence-electron chi connectivity index (χ0n) is 11.5. The monoisotopic (exact) mass is 303 g/mol. The maximum atomic E-state index is 12.7. The summed E-state index contributed by atoms with van der Waals surface area (Å²) < 4.78 is 48.3. The third kappa shape index (κ3) is 4.18. The second-order valence-corrected chi connectivity index (χ2v) is 4.79. The van der Waals surface area contributed by atoms with Crippen LogP contribution in [0.2, 0.25) is 0 Å². The molecule has 1 aliphatic heterocycles. The summed E-state index contributed by atoms with van der Waals surface area (Å²) in [6.07, 6.45) is -4.86. The molecule has 0 amide bonds. The molecule has 0 aromatic heterocycles. The molecule has 0 N–H and O–H groups in total. The Morgan fingerprint density at radius 1 is 1.48 bits per heavy atom. The van der Waals surface area contributed by atoms with Crippen molar-refractivity contribution in [3.05, 3.63) is 35.4 Å². The van der Waals surface area contributed by atoms with Crippen molar-refractivity contribution in [1.29, 1.82) is 0 Å². The summed E-state index contributed by atoms with van der Waals surface area (Å²) in [7, 11) is 1.30. The third-order valence-corrected chi connectivity index (χ3v) is 3.32. The number of nitrogens with zero attached hydrogens (tertiary/aromatic N) is 1. The molecule has 0 unspecified atom stereocenters. The van der Waals surface area contributed by atoms with Crippen LogP contribution in [0.25, 0.3) is 0 Å². The quantitative estimate of drug-likeness (QED) is 0.803. The predicted molar refractivity (Wildman–Crippen MR) is 68.6 cm³/mol. The van der Waals surface area contributed by atoms with E-state index in [1.807, 2.05) is 0 Å². The van der Waals surface area contributed by atoms with Crippen LogP contribution in [0, 0.1) is 0 Å². The van der Waals surface area contributed by atoms with Gasteiger partial charge in [-0.15, -0.1) is 0 Å². The lowest BCUT2D eigenvalue weighted by molar-refractivity contribution is -0.143. The molecule has 1 heterocycles. The molecule has 7 heteroatoms. The number of halogens is 3. The highest BCUT2D eigenvalue weighted by atomic mass is 19.4. The zero-order chi connectivity index (χ0) is 15.5. The number of carbonyl (C=O) groups is 1. The fourth-order valence-electron chi connectivity index (χ4n) is 2.21. The van der Waals surface area contributed by atoms with Crippen LogP contribution in [0.1, 0.15) is 17.2 Å². The fraction of sp³-hybridized carbons (Fsp3) is 0.500. The smallest absolute Gasteiger partial charge is 0.416 e. The zero-order valence-corrected chi connectivity index (χ0v) is 11.5. The van der Waals surface area contributed by atoms with E-state index < -0.39 is 17.8 Å². The van der Waals surface area contributed by atoms with Crippen molar-refractivity contribution in [2.45, 2.75) is 12.3 Å². The normalized spacial score (nSPS) is 20.3. The Morgan fingerprint density at radius 2 is 2.24 bits per heavy atom. The van der Waals surface area contributed by atoms with Crippen molar-refractivity contribution >= 4 is 5.97 Å². The first kappa shape index (κ1) is 15.8. The average Bonchev–Trinajstić information content (AvgIpc) is 2.46. The number of hydrogen-bond acceptors (Lipinski definition) is 4. The minimum Gasteiger partial charge on any atom is -0.468 e. The predicted octanol–water partition coefficient (Wildman–Crippen LogP) is 2.25. The molecule has 4 nitrogen and oxygen atoms in total. The molecule has 116 valence electrons. The lowest BCUT2D eigenvalue weighted by Crippen LogP contribution is -2.41. The molecular weight excluding hydrogens is 287 g/mol. The van der Waals surface area contributed by atoms with E-state index in [2.05, 4.69) is 4.74 Å². The highest BCUT2D eigenvalue weighted by molar-refractivity contribution is 5.71. The third-order valence-electron chi connectivity index (χ3n) is 3.32. The van der Waals surface area contributed by atoms with Gasteiger partial charge >= 0.3 is 12.1 Å². The second kappa shape index (κ2) is 6.44. The van der Waals surface area contributed by atoms with Crippen LogP contribution >= 0.6 is 0 Å². The largest absolute Gasteiger partial charge is 0.468 e. The molecule has 1 aromatic carbocycles. The maximum absolute atomic E-state index is 12.7. The number of alkyl halides is 3. The van der Waals surface area contributed by atoms with Gasteiger partial charge < -0.3 is 9.47 Å². The van der Waals surface area contributed by atoms with Gasteiger partial charge in [-0.2, -0.15) is 13.2 Å². The van der Waals surface area contributed by atoms with Gasteiger partial charge in [-0.05, 0) is 17.7 Å². The Bertz CT molecular complexity index is 504. The van der Waals surface area contributed by atoms with Gasteiger partial charge in [0, 0.05) is 13.1 Å². The van der Waals surface area contributed by atoms with E-state index in [0.29, 0.717) is 25.3 Å². The van der Waals surface area contributed by atoms with Gasteiger partial charge in [-0.3, -0.25) is 9.69 Å². The Balaban J connectivity index is 2.09. The number of ether oxygens (including phenoxy) is 2. The van der Waals surface area contributed by atoms with Crippen LogP contribution in [-0.4, -0.2) is 44.2 Å². The van der Waals surface area contributed by atoms with Gasteiger partial charge in [0.1, 0.15) is 0 Å². The molecule has 0 spiro atoms. The summed E-state index contributed by atoms with van der Waals surface area (Å²) in [6.45, 7) is 1.37. The Morgan fingerprint density at radius 3 is 2.90 bits per heavy atom. The van der Waals surface area contributed by atoms with Crippen LogP contribution < -0.4 is 0 Å². The van der Waals surface area contributed by atoms with E-state index in [9.17, 15) is 18.0 Å². The first-order valence-electron chi connectivity index (χ1n) is 6.48. The molecule has 0 bridgehead atoms. The first-order chi connectivity index (χ1) is 9.90. The van der Waals surface area contributed by atoms with Crippen molar-refractivity contribution in [3.8, 4) is 0 Å². The number of morpholine rings is 1. The minimum absolute atomic E-state index is 0.106. The number of carbonyl (C=O) groups excluding carboxylic acids is 1. The Kier molecular flexibility index (Phi) is 4.84. The SMILES string of the molecule is COC(=O)CN1CCO[C@H](c2cccc(C(F)(F)F)c2)C1. The summed E-state index contributed by atoms with van der Waals surface area (Å²) in [4.78, 5) is 13.1. The molecule has 2 rings (SSSR count). The van der Waals surface area contributed by atoms with Crippen LogP contribution in [0.4, 0.5) is 13.2 Å². The minimum atomic E-state index is -4.38. The summed E-state index contributed by atoms with van der Waals surface area (Å²) in [6, 6.07) is 5.08. The molecule has 1 atom stereocenters. The molecule has 1 aliphatic rings. The van der Waals surface area contributed by atoms with Crippen molar-refractivity contribution in [3.63, 3.8) is 0 Å². The number of hydrogen-bond donors (Lipinski definition) is 0. The molecule has 1 saturated heterocycles. The Hall–Kier alpha value is -1.60. The van der Waals surface area contributed by atoms with Crippen molar-refractivity contribution < 1.29 is 27.4 Å². The van der Waals surface area contributed by atoms with Crippen LogP contribution in [0.5, 0.6) is 0 Å². The summed E-state index contributed by atoms with van der Waals surface area (Å²) in [5, 5.41) is 0. The molecule has 1 aromatic rings. The lowest BCUT2D eigenvalue weighted by atomic mass is 10.0. The topological polar surface area (TPSA) is 38.8 Å². The van der Waals surface area contributed by atoms with E-state index in [0.717, 1.165) is 12.1 Å².